The highest BCUT2D eigenvalue weighted by atomic mass is 79.9. The minimum Gasteiger partial charge on any atom is -0.269 e. The Balaban J connectivity index is 3.74. The van der Waals surface area contributed by atoms with Crippen LogP contribution in [-0.2, 0) is 6.54 Å². The lowest BCUT2D eigenvalue weighted by Gasteiger charge is -2.11. The molecule has 1 heterocycles. The maximum Gasteiger partial charge on any atom is 0.334 e. The number of hydrogen-bond acceptors (Lipinski definition) is 2. The summed E-state index contributed by atoms with van der Waals surface area (Å²) in [6, 6.07) is 0. The van der Waals surface area contributed by atoms with Gasteiger partial charge in [0.1, 0.15) is 4.60 Å². The van der Waals surface area contributed by atoms with E-state index in [0.717, 1.165) is 0 Å². The van der Waals surface area contributed by atoms with Gasteiger partial charge in [-0.25, -0.2) is 4.79 Å². The summed E-state index contributed by atoms with van der Waals surface area (Å²) in [5, 5.41) is 0. The van der Waals surface area contributed by atoms with Crippen LogP contribution in [0.4, 0.5) is 0 Å². The van der Waals surface area contributed by atoms with Gasteiger partial charge in [-0.05, 0) is 45.2 Å². The van der Waals surface area contributed by atoms with Crippen LogP contribution in [0.2, 0.25) is 0 Å². The zero-order chi connectivity index (χ0) is 10.9. The quantitative estimate of drug-likeness (QED) is 0.602. The molecule has 1 unspecified atom stereocenters. The van der Waals surface area contributed by atoms with Gasteiger partial charge < -0.3 is 0 Å². The molecule has 78 valence electrons. The second-order valence-corrected chi connectivity index (χ2v) is 4.45. The van der Waals surface area contributed by atoms with Gasteiger partial charge in [-0.3, -0.25) is 13.7 Å². The lowest BCUT2D eigenvalue weighted by Crippen LogP contribution is -2.39. The Hall–Kier alpha value is -0.410. The molecule has 0 N–H and O–H groups in total. The lowest BCUT2D eigenvalue weighted by molar-refractivity contribution is 0.651. The van der Waals surface area contributed by atoms with E-state index in [0.29, 0.717) is 25.4 Å². The summed E-state index contributed by atoms with van der Waals surface area (Å²) >= 11 is 3.26. The summed E-state index contributed by atoms with van der Waals surface area (Å²) in [5.41, 5.74) is 0.135. The van der Waals surface area contributed by atoms with Crippen molar-refractivity contribution >= 4 is 24.7 Å². The summed E-state index contributed by atoms with van der Waals surface area (Å²) in [6.45, 7) is 5.82. The van der Waals surface area contributed by atoms with Crippen LogP contribution in [-0.4, -0.2) is 15.6 Å². The van der Waals surface area contributed by atoms with E-state index in [1.807, 2.05) is 6.66 Å². The van der Waals surface area contributed by atoms with Gasteiger partial charge in [0.25, 0.3) is 5.56 Å². The van der Waals surface area contributed by atoms with Crippen molar-refractivity contribution < 1.29 is 0 Å². The first-order valence-electron chi connectivity index (χ1n) is 4.24. The molecule has 0 aliphatic heterocycles. The zero-order valence-corrected chi connectivity index (χ0v) is 10.9. The van der Waals surface area contributed by atoms with Crippen LogP contribution in [0.1, 0.15) is 12.5 Å². The number of halogens is 1. The Bertz CT molecular complexity index is 464. The molecule has 0 amide bonds. The van der Waals surface area contributed by atoms with Gasteiger partial charge in [-0.15, -0.1) is 0 Å². The maximum atomic E-state index is 11.7. The molecule has 0 saturated heterocycles. The summed E-state index contributed by atoms with van der Waals surface area (Å²) in [7, 11) is 0.317. The predicted molar refractivity (Wildman–Crippen MR) is 62.7 cm³/mol. The van der Waals surface area contributed by atoms with E-state index in [2.05, 4.69) is 15.9 Å². The molecular formula is C8H12BrN2O2P. The summed E-state index contributed by atoms with van der Waals surface area (Å²) < 4.78 is 3.41. The Morgan fingerprint density at radius 3 is 2.43 bits per heavy atom. The highest BCUT2D eigenvalue weighted by Gasteiger charge is 2.11. The fraction of sp³-hybridized carbons (Fsp3) is 0.500. The van der Waals surface area contributed by atoms with Crippen LogP contribution in [0.25, 0.3) is 0 Å². The van der Waals surface area contributed by atoms with Crippen molar-refractivity contribution in [1.82, 2.24) is 8.90 Å². The molecular weight excluding hydrogens is 267 g/mol. The number of rotatable bonds is 2. The normalized spacial score (nSPS) is 11.4. The topological polar surface area (TPSA) is 44.0 Å². The maximum absolute atomic E-state index is 11.7. The van der Waals surface area contributed by atoms with E-state index in [4.69, 9.17) is 0 Å². The Morgan fingerprint density at radius 1 is 1.43 bits per heavy atom. The molecule has 0 aliphatic rings. The summed E-state index contributed by atoms with van der Waals surface area (Å²) in [5.74, 6) is 0. The third-order valence-corrected chi connectivity index (χ3v) is 4.17. The van der Waals surface area contributed by atoms with Crippen LogP contribution in [0.15, 0.2) is 14.2 Å². The first-order chi connectivity index (χ1) is 6.54. The van der Waals surface area contributed by atoms with Gasteiger partial charge in [0.15, 0.2) is 0 Å². The second-order valence-electron chi connectivity index (χ2n) is 2.81. The molecule has 4 nitrogen and oxygen atoms in total. The van der Waals surface area contributed by atoms with Gasteiger partial charge >= 0.3 is 5.69 Å². The van der Waals surface area contributed by atoms with Crippen molar-refractivity contribution in [2.45, 2.75) is 20.4 Å². The second kappa shape index (κ2) is 4.41. The van der Waals surface area contributed by atoms with Crippen molar-refractivity contribution in [2.24, 2.45) is 0 Å². The summed E-state index contributed by atoms with van der Waals surface area (Å²) in [6.07, 6.45) is 0. The average Bonchev–Trinajstić information content (AvgIpc) is 2.16. The molecule has 6 heteroatoms. The fourth-order valence-electron chi connectivity index (χ4n) is 1.22. The van der Waals surface area contributed by atoms with Crippen molar-refractivity contribution in [3.05, 3.63) is 31.0 Å². The monoisotopic (exact) mass is 278 g/mol. The van der Waals surface area contributed by atoms with Crippen molar-refractivity contribution in [1.29, 1.82) is 0 Å². The third-order valence-electron chi connectivity index (χ3n) is 2.03. The molecule has 1 aromatic rings. The van der Waals surface area contributed by atoms with Gasteiger partial charge in [0.05, 0.1) is 0 Å². The molecule has 0 bridgehead atoms. The van der Waals surface area contributed by atoms with Gasteiger partial charge in [0.2, 0.25) is 0 Å². The van der Waals surface area contributed by atoms with E-state index in [1.54, 1.807) is 18.2 Å². The number of aromatic nitrogens is 2. The van der Waals surface area contributed by atoms with Crippen molar-refractivity contribution in [3.8, 4) is 0 Å². The number of hydrogen-bond donors (Lipinski definition) is 0. The molecule has 1 rings (SSSR count). The Labute approximate surface area is 91.9 Å². The molecule has 0 fully saturated rings. The van der Waals surface area contributed by atoms with Gasteiger partial charge in [-0.1, -0.05) is 0 Å². The molecule has 0 spiro atoms. The third kappa shape index (κ3) is 1.71. The molecule has 1 atom stereocenters. The average molecular weight is 279 g/mol. The Morgan fingerprint density at radius 2 is 2.00 bits per heavy atom. The van der Waals surface area contributed by atoms with Crippen LogP contribution in [0, 0.1) is 6.92 Å². The fourth-order valence-corrected chi connectivity index (χ4v) is 2.75. The van der Waals surface area contributed by atoms with Crippen LogP contribution < -0.4 is 11.2 Å². The first kappa shape index (κ1) is 11.7. The zero-order valence-electron chi connectivity index (χ0n) is 8.30. The van der Waals surface area contributed by atoms with Gasteiger partial charge in [0, 0.05) is 12.1 Å². The highest BCUT2D eigenvalue weighted by Crippen LogP contribution is 2.17. The molecule has 0 radical (unpaired) electrons. The largest absolute Gasteiger partial charge is 0.334 e. The van der Waals surface area contributed by atoms with Gasteiger partial charge in [-0.2, -0.15) is 0 Å². The predicted octanol–water partition coefficient (Wildman–Crippen LogP) is 1.17. The minimum atomic E-state index is -0.240. The minimum absolute atomic E-state index is 0.209. The van der Waals surface area contributed by atoms with Crippen molar-refractivity contribution in [3.63, 3.8) is 0 Å². The molecule has 0 aliphatic carbocycles. The van der Waals surface area contributed by atoms with E-state index >= 15 is 0 Å². The molecule has 1 aromatic heterocycles. The molecule has 0 saturated carbocycles. The standard InChI is InChI=1S/C8H12BrN2O2P/c1-4-10-7(12)5(2)6(9)11(14-3)8(10)13/h14H,4H2,1-3H3. The van der Waals surface area contributed by atoms with Crippen LogP contribution >= 0.6 is 24.7 Å². The first-order valence-corrected chi connectivity index (χ1v) is 6.48. The smallest absolute Gasteiger partial charge is 0.269 e. The van der Waals surface area contributed by atoms with Crippen molar-refractivity contribution in [2.75, 3.05) is 6.66 Å². The highest BCUT2D eigenvalue weighted by molar-refractivity contribution is 9.10. The van der Waals surface area contributed by atoms with E-state index in [-0.39, 0.29) is 11.2 Å². The molecule has 0 aromatic carbocycles. The van der Waals surface area contributed by atoms with Crippen LogP contribution in [0.5, 0.6) is 0 Å². The molecule has 14 heavy (non-hydrogen) atoms. The van der Waals surface area contributed by atoms with E-state index < -0.39 is 0 Å². The summed E-state index contributed by atoms with van der Waals surface area (Å²) in [4.78, 5) is 23.4. The van der Waals surface area contributed by atoms with E-state index in [9.17, 15) is 9.59 Å². The Kier molecular flexibility index (Phi) is 3.67. The SMILES string of the molecule is CCn1c(=O)c(C)c(Br)n(PC)c1=O. The van der Waals surface area contributed by atoms with E-state index in [1.165, 1.54) is 4.57 Å². The number of nitrogens with zero attached hydrogens (tertiary/aromatic N) is 2. The lowest BCUT2D eigenvalue weighted by atomic mass is 10.4. The van der Waals surface area contributed by atoms with Crippen LogP contribution in [0.3, 0.4) is 0 Å².